The van der Waals surface area contributed by atoms with E-state index in [1.165, 1.54) is 37.3 Å². The normalized spacial score (nSPS) is 12.9. The average Bonchev–Trinajstić information content (AvgIpc) is 2.83. The number of amides is 1. The first kappa shape index (κ1) is 16.2. The van der Waals surface area contributed by atoms with Crippen molar-refractivity contribution in [2.45, 2.75) is 19.1 Å². The van der Waals surface area contributed by atoms with E-state index < -0.39 is 32.6 Å². The molecule has 0 saturated heterocycles. The number of carbonyl (C=O) groups excluding carboxylic acids is 1. The zero-order valence-corrected chi connectivity index (χ0v) is 12.9. The maximum Gasteiger partial charge on any atom is 0.240 e. The molecule has 2 rings (SSSR count). The van der Waals surface area contributed by atoms with Gasteiger partial charge in [-0.1, -0.05) is 17.3 Å². The quantitative estimate of drug-likeness (QED) is 0.910. The van der Waals surface area contributed by atoms with Gasteiger partial charge < -0.3 is 9.84 Å². The van der Waals surface area contributed by atoms with Crippen LogP contribution in [-0.4, -0.2) is 25.2 Å². The zero-order valence-electron chi connectivity index (χ0n) is 12.0. The predicted molar refractivity (Wildman–Crippen MR) is 78.5 cm³/mol. The largest absolute Gasteiger partial charge is 0.360 e. The number of aromatic nitrogens is 1. The molecule has 0 saturated carbocycles. The maximum atomic E-state index is 12.9. The lowest BCUT2D eigenvalue weighted by molar-refractivity contribution is -0.113. The Kier molecular flexibility index (Phi) is 4.60. The monoisotopic (exact) mass is 326 g/mol. The molecule has 0 aliphatic carbocycles. The van der Waals surface area contributed by atoms with Gasteiger partial charge in [-0.3, -0.25) is 4.79 Å². The molecular weight excluding hydrogens is 311 g/mol. The number of anilines is 1. The minimum Gasteiger partial charge on any atom is -0.360 e. The highest BCUT2D eigenvalue weighted by atomic mass is 32.2. The first-order valence-corrected chi connectivity index (χ1v) is 8.19. The number of carbonyl (C=O) groups is 1. The summed E-state index contributed by atoms with van der Waals surface area (Å²) in [5.74, 6) is -1.20. The van der Waals surface area contributed by atoms with Gasteiger partial charge in [-0.2, -0.15) is 0 Å². The molecule has 0 bridgehead atoms. The summed E-state index contributed by atoms with van der Waals surface area (Å²) < 4.78 is 42.1. The molecule has 118 valence electrons. The molecule has 1 N–H and O–H groups in total. The van der Waals surface area contributed by atoms with Gasteiger partial charge in [0.25, 0.3) is 0 Å². The SMILES string of the molecule is Cc1cc(NC(=O)CS(=O)(=O)[C@@H](C)c2ccc(F)cc2)no1. The minimum absolute atomic E-state index is 0.159. The lowest BCUT2D eigenvalue weighted by Crippen LogP contribution is -2.26. The number of aryl methyl sites for hydroxylation is 1. The van der Waals surface area contributed by atoms with E-state index in [1.807, 2.05) is 0 Å². The Bertz CT molecular complexity index is 768. The number of sulfone groups is 1. The second-order valence-corrected chi connectivity index (χ2v) is 7.19. The smallest absolute Gasteiger partial charge is 0.240 e. The van der Waals surface area contributed by atoms with E-state index in [4.69, 9.17) is 4.52 Å². The zero-order chi connectivity index (χ0) is 16.3. The van der Waals surface area contributed by atoms with Crippen molar-refractivity contribution in [2.24, 2.45) is 0 Å². The summed E-state index contributed by atoms with van der Waals surface area (Å²) in [6.07, 6.45) is 0. The fraction of sp³-hybridized carbons (Fsp3) is 0.286. The van der Waals surface area contributed by atoms with Crippen molar-refractivity contribution in [3.05, 3.63) is 47.5 Å². The van der Waals surface area contributed by atoms with Gasteiger partial charge in [-0.05, 0) is 31.5 Å². The van der Waals surface area contributed by atoms with Gasteiger partial charge in [0.2, 0.25) is 5.91 Å². The van der Waals surface area contributed by atoms with Crippen LogP contribution < -0.4 is 5.32 Å². The number of hydrogen-bond donors (Lipinski definition) is 1. The first-order valence-electron chi connectivity index (χ1n) is 6.48. The lowest BCUT2D eigenvalue weighted by atomic mass is 10.2. The standard InChI is InChI=1S/C14H15FN2O4S/c1-9-7-13(17-21-9)16-14(18)8-22(19,20)10(2)11-3-5-12(15)6-4-11/h3-7,10H,8H2,1-2H3,(H,16,17,18)/t10-/m0/s1. The Balaban J connectivity index is 2.06. The second kappa shape index (κ2) is 6.27. The summed E-state index contributed by atoms with van der Waals surface area (Å²) in [6.45, 7) is 3.10. The Morgan fingerprint density at radius 3 is 2.55 bits per heavy atom. The molecule has 2 aromatic rings. The van der Waals surface area contributed by atoms with Crippen LogP contribution in [0.5, 0.6) is 0 Å². The maximum absolute atomic E-state index is 12.9. The van der Waals surface area contributed by atoms with Crippen molar-refractivity contribution in [3.8, 4) is 0 Å². The summed E-state index contributed by atoms with van der Waals surface area (Å²) in [4.78, 5) is 11.8. The number of nitrogens with zero attached hydrogens (tertiary/aromatic N) is 1. The van der Waals surface area contributed by atoms with Crippen LogP contribution in [0, 0.1) is 12.7 Å². The van der Waals surface area contributed by atoms with Crippen molar-refractivity contribution in [1.82, 2.24) is 5.16 Å². The van der Waals surface area contributed by atoms with Crippen molar-refractivity contribution < 1.29 is 22.1 Å². The molecule has 0 spiro atoms. The molecule has 0 fully saturated rings. The fourth-order valence-corrected chi connectivity index (χ4v) is 3.11. The van der Waals surface area contributed by atoms with Crippen LogP contribution in [0.2, 0.25) is 0 Å². The number of halogens is 1. The molecule has 1 atom stereocenters. The van der Waals surface area contributed by atoms with Crippen LogP contribution >= 0.6 is 0 Å². The molecular formula is C14H15FN2O4S. The third-order valence-corrected chi connectivity index (χ3v) is 5.12. The Morgan fingerprint density at radius 2 is 2.00 bits per heavy atom. The van der Waals surface area contributed by atoms with Gasteiger partial charge in [0.05, 0.1) is 5.25 Å². The lowest BCUT2D eigenvalue weighted by Gasteiger charge is -2.12. The van der Waals surface area contributed by atoms with Crippen LogP contribution in [0.25, 0.3) is 0 Å². The van der Waals surface area contributed by atoms with E-state index in [-0.39, 0.29) is 5.82 Å². The molecule has 0 aliphatic rings. The fourth-order valence-electron chi connectivity index (χ4n) is 1.85. The molecule has 0 radical (unpaired) electrons. The van der Waals surface area contributed by atoms with E-state index >= 15 is 0 Å². The van der Waals surface area contributed by atoms with Crippen LogP contribution in [0.3, 0.4) is 0 Å². The van der Waals surface area contributed by atoms with Gasteiger partial charge in [-0.15, -0.1) is 0 Å². The molecule has 1 aromatic carbocycles. The first-order chi connectivity index (χ1) is 10.3. The van der Waals surface area contributed by atoms with Crippen molar-refractivity contribution >= 4 is 21.6 Å². The van der Waals surface area contributed by atoms with Crippen LogP contribution in [-0.2, 0) is 14.6 Å². The molecule has 22 heavy (non-hydrogen) atoms. The summed E-state index contributed by atoms with van der Waals surface area (Å²) in [5.41, 5.74) is 0.423. The third-order valence-electron chi connectivity index (χ3n) is 3.11. The topological polar surface area (TPSA) is 89.3 Å². The van der Waals surface area contributed by atoms with Gasteiger partial charge in [0, 0.05) is 6.07 Å². The van der Waals surface area contributed by atoms with Crippen molar-refractivity contribution in [3.63, 3.8) is 0 Å². The van der Waals surface area contributed by atoms with Crippen molar-refractivity contribution in [2.75, 3.05) is 11.1 Å². The molecule has 0 unspecified atom stereocenters. The molecule has 6 nitrogen and oxygen atoms in total. The van der Waals surface area contributed by atoms with Gasteiger partial charge in [0.15, 0.2) is 15.7 Å². The molecule has 1 aromatic heterocycles. The van der Waals surface area contributed by atoms with Crippen LogP contribution in [0.15, 0.2) is 34.9 Å². The molecule has 0 aliphatic heterocycles. The summed E-state index contributed by atoms with van der Waals surface area (Å²) in [6, 6.07) is 6.61. The van der Waals surface area contributed by atoms with Crippen LogP contribution in [0.4, 0.5) is 10.2 Å². The van der Waals surface area contributed by atoms with E-state index in [2.05, 4.69) is 10.5 Å². The summed E-state index contributed by atoms with van der Waals surface area (Å²) in [5, 5.41) is 4.99. The predicted octanol–water partition coefficient (Wildman–Crippen LogP) is 2.24. The van der Waals surface area contributed by atoms with Crippen LogP contribution in [0.1, 0.15) is 23.5 Å². The number of rotatable bonds is 5. The molecule has 1 amide bonds. The Labute approximate surface area is 127 Å². The summed E-state index contributed by atoms with van der Waals surface area (Å²) in [7, 11) is -3.73. The van der Waals surface area contributed by atoms with Gasteiger partial charge >= 0.3 is 0 Å². The van der Waals surface area contributed by atoms with E-state index in [1.54, 1.807) is 6.92 Å². The number of nitrogens with one attached hydrogen (secondary N) is 1. The Hall–Kier alpha value is -2.22. The minimum atomic E-state index is -3.73. The van der Waals surface area contributed by atoms with E-state index in [9.17, 15) is 17.6 Å². The Morgan fingerprint density at radius 1 is 1.36 bits per heavy atom. The van der Waals surface area contributed by atoms with E-state index in [0.29, 0.717) is 11.3 Å². The summed E-state index contributed by atoms with van der Waals surface area (Å²) >= 11 is 0. The average molecular weight is 326 g/mol. The number of hydrogen-bond acceptors (Lipinski definition) is 5. The number of benzene rings is 1. The highest BCUT2D eigenvalue weighted by Gasteiger charge is 2.26. The van der Waals surface area contributed by atoms with E-state index in [0.717, 1.165) is 0 Å². The van der Waals surface area contributed by atoms with Gasteiger partial charge in [-0.25, -0.2) is 12.8 Å². The third kappa shape index (κ3) is 3.91. The highest BCUT2D eigenvalue weighted by molar-refractivity contribution is 7.92. The molecule has 1 heterocycles. The highest BCUT2D eigenvalue weighted by Crippen LogP contribution is 2.23. The van der Waals surface area contributed by atoms with Crippen molar-refractivity contribution in [1.29, 1.82) is 0 Å². The second-order valence-electron chi connectivity index (χ2n) is 4.87. The molecule has 8 heteroatoms. The van der Waals surface area contributed by atoms with Gasteiger partial charge in [0.1, 0.15) is 17.3 Å².